The molecule has 41 heavy (non-hydrogen) atoms. The van der Waals surface area contributed by atoms with Crippen molar-refractivity contribution in [2.75, 3.05) is 36.9 Å². The minimum absolute atomic E-state index is 0.00856. The average molecular weight is 568 g/mol. The number of rotatable bonds is 11. The van der Waals surface area contributed by atoms with Gasteiger partial charge in [-0.25, -0.2) is 9.97 Å². The molecule has 1 heterocycles. The van der Waals surface area contributed by atoms with Crippen LogP contribution < -0.4 is 15.4 Å². The van der Waals surface area contributed by atoms with Crippen molar-refractivity contribution in [2.45, 2.75) is 33.1 Å². The lowest BCUT2D eigenvalue weighted by molar-refractivity contribution is -0.125. The molecule has 8 heteroatoms. The number of hydrogen-bond donors (Lipinski definition) is 2. The number of amides is 1. The van der Waals surface area contributed by atoms with E-state index in [-0.39, 0.29) is 5.91 Å². The van der Waals surface area contributed by atoms with E-state index in [1.807, 2.05) is 38.1 Å². The maximum Gasteiger partial charge on any atom is 0.246 e. The number of halogens is 1. The van der Waals surface area contributed by atoms with E-state index in [0.29, 0.717) is 43.0 Å². The molecule has 3 aromatic carbocycles. The Morgan fingerprint density at radius 2 is 1.93 bits per heavy atom. The molecule has 0 atom stereocenters. The molecule has 210 valence electrons. The van der Waals surface area contributed by atoms with E-state index in [2.05, 4.69) is 50.9 Å². The van der Waals surface area contributed by atoms with Gasteiger partial charge >= 0.3 is 0 Å². The fourth-order valence-corrected chi connectivity index (χ4v) is 5.55. The second-order valence-corrected chi connectivity index (χ2v) is 11.0. The van der Waals surface area contributed by atoms with Gasteiger partial charge in [0.25, 0.3) is 0 Å². The van der Waals surface area contributed by atoms with Crippen molar-refractivity contribution in [3.05, 3.63) is 83.2 Å². The van der Waals surface area contributed by atoms with Gasteiger partial charge in [0.2, 0.25) is 5.91 Å². The summed E-state index contributed by atoms with van der Waals surface area (Å²) >= 11 is 6.79. The van der Waals surface area contributed by atoms with Gasteiger partial charge in [-0.05, 0) is 67.9 Å². The predicted octanol–water partition coefficient (Wildman–Crippen LogP) is 7.22. The standard InChI is InChI=1S/C33H34ClN5O2/c1-3-39(4-2)30(40)10-7-15-35-28-17-25-27(18-29(28)41-19-21-11-12-21)36-20-37-33(25)38-32-26(34)14-13-23-16-22-8-5-6-9-24(22)31(23)32/h5-10,13-14,17-18,20-21,35H,3-4,11-12,15-16,19H2,1-2H3,(H,36,37,38). The normalized spacial score (nSPS) is 13.7. The quantitative estimate of drug-likeness (QED) is 0.164. The first-order valence-corrected chi connectivity index (χ1v) is 14.7. The molecule has 0 aliphatic heterocycles. The highest BCUT2D eigenvalue weighted by molar-refractivity contribution is 6.34. The Labute approximate surface area is 245 Å². The molecular weight excluding hydrogens is 534 g/mol. The Morgan fingerprint density at radius 1 is 1.10 bits per heavy atom. The van der Waals surface area contributed by atoms with Gasteiger partial charge in [0.05, 0.1) is 28.5 Å². The van der Waals surface area contributed by atoms with Gasteiger partial charge < -0.3 is 20.3 Å². The number of fused-ring (bicyclic) bond motifs is 4. The highest BCUT2D eigenvalue weighted by Gasteiger charge is 2.25. The lowest BCUT2D eigenvalue weighted by Crippen LogP contribution is -2.28. The van der Waals surface area contributed by atoms with Crippen molar-refractivity contribution in [1.82, 2.24) is 14.9 Å². The van der Waals surface area contributed by atoms with E-state index in [4.69, 9.17) is 16.3 Å². The van der Waals surface area contributed by atoms with E-state index < -0.39 is 0 Å². The number of benzene rings is 3. The number of aromatic nitrogens is 2. The van der Waals surface area contributed by atoms with E-state index in [0.717, 1.165) is 40.0 Å². The average Bonchev–Trinajstić information content (AvgIpc) is 3.74. The van der Waals surface area contributed by atoms with Gasteiger partial charge in [0, 0.05) is 42.7 Å². The fourth-order valence-electron chi connectivity index (χ4n) is 5.34. The molecule has 1 aromatic heterocycles. The summed E-state index contributed by atoms with van der Waals surface area (Å²) in [4.78, 5) is 23.4. The molecule has 6 rings (SSSR count). The van der Waals surface area contributed by atoms with Gasteiger partial charge in [-0.1, -0.05) is 48.0 Å². The second-order valence-electron chi connectivity index (χ2n) is 10.6. The summed E-state index contributed by atoms with van der Waals surface area (Å²) in [6, 6.07) is 16.5. The molecule has 4 aromatic rings. The number of ether oxygens (including phenoxy) is 1. The largest absolute Gasteiger partial charge is 0.491 e. The fraction of sp³-hybridized carbons (Fsp3) is 0.303. The van der Waals surface area contributed by atoms with Gasteiger partial charge in [-0.15, -0.1) is 0 Å². The molecule has 2 aliphatic carbocycles. The number of nitrogens with zero attached hydrogens (tertiary/aromatic N) is 3. The van der Waals surface area contributed by atoms with Crippen molar-refractivity contribution in [3.63, 3.8) is 0 Å². The smallest absolute Gasteiger partial charge is 0.246 e. The Morgan fingerprint density at radius 3 is 2.73 bits per heavy atom. The highest BCUT2D eigenvalue weighted by Crippen LogP contribution is 2.46. The van der Waals surface area contributed by atoms with E-state index >= 15 is 0 Å². The number of carbonyl (C=O) groups excluding carboxylic acids is 1. The minimum Gasteiger partial charge on any atom is -0.491 e. The van der Waals surface area contributed by atoms with Crippen LogP contribution >= 0.6 is 11.6 Å². The summed E-state index contributed by atoms with van der Waals surface area (Å²) < 4.78 is 6.23. The molecule has 1 fully saturated rings. The topological polar surface area (TPSA) is 79.4 Å². The number of anilines is 3. The van der Waals surface area contributed by atoms with Gasteiger partial charge in [0.15, 0.2) is 0 Å². The summed E-state index contributed by atoms with van der Waals surface area (Å²) in [6.07, 6.45) is 8.32. The zero-order chi connectivity index (χ0) is 28.3. The summed E-state index contributed by atoms with van der Waals surface area (Å²) in [5, 5.41) is 8.48. The predicted molar refractivity (Wildman–Crippen MR) is 166 cm³/mol. The van der Waals surface area contributed by atoms with Crippen LogP contribution in [0.4, 0.5) is 17.2 Å². The lowest BCUT2D eigenvalue weighted by Gasteiger charge is -2.17. The van der Waals surface area contributed by atoms with Gasteiger partial charge in [-0.2, -0.15) is 0 Å². The molecule has 1 amide bonds. The third-order valence-corrected chi connectivity index (χ3v) is 8.12. The van der Waals surface area contributed by atoms with Crippen molar-refractivity contribution < 1.29 is 9.53 Å². The molecule has 2 N–H and O–H groups in total. The van der Waals surface area contributed by atoms with Crippen LogP contribution in [0, 0.1) is 5.92 Å². The Kier molecular flexibility index (Phi) is 7.79. The molecule has 0 spiro atoms. The summed E-state index contributed by atoms with van der Waals surface area (Å²) in [5.74, 6) is 2.02. The van der Waals surface area contributed by atoms with Gasteiger partial charge in [0.1, 0.15) is 17.9 Å². The van der Waals surface area contributed by atoms with E-state index in [1.54, 1.807) is 17.3 Å². The van der Waals surface area contributed by atoms with Crippen LogP contribution in [0.15, 0.2) is 67.0 Å². The zero-order valence-electron chi connectivity index (χ0n) is 23.4. The van der Waals surface area contributed by atoms with Crippen LogP contribution in [0.2, 0.25) is 5.02 Å². The molecule has 7 nitrogen and oxygen atoms in total. The first-order chi connectivity index (χ1) is 20.1. The molecular formula is C33H34ClN5O2. The van der Waals surface area contributed by atoms with Crippen molar-refractivity contribution in [1.29, 1.82) is 0 Å². The maximum atomic E-state index is 12.4. The van der Waals surface area contributed by atoms with Crippen LogP contribution in [0.5, 0.6) is 5.75 Å². The maximum absolute atomic E-state index is 12.4. The molecule has 0 unspecified atom stereocenters. The summed E-state index contributed by atoms with van der Waals surface area (Å²) in [7, 11) is 0. The van der Waals surface area contributed by atoms with E-state index in [9.17, 15) is 4.79 Å². The van der Waals surface area contributed by atoms with Crippen LogP contribution in [-0.4, -0.2) is 47.0 Å². The molecule has 0 radical (unpaired) electrons. The van der Waals surface area contributed by atoms with E-state index in [1.165, 1.54) is 29.5 Å². The Bertz CT molecular complexity index is 1630. The lowest BCUT2D eigenvalue weighted by atomic mass is 10.0. The highest BCUT2D eigenvalue weighted by atomic mass is 35.5. The zero-order valence-corrected chi connectivity index (χ0v) is 24.2. The first-order valence-electron chi connectivity index (χ1n) is 14.3. The van der Waals surface area contributed by atoms with Crippen molar-refractivity contribution >= 4 is 45.6 Å². The molecule has 0 bridgehead atoms. The molecule has 2 aliphatic rings. The molecule has 1 saturated carbocycles. The molecule has 0 saturated heterocycles. The minimum atomic E-state index is 0.00856. The summed E-state index contributed by atoms with van der Waals surface area (Å²) in [5.41, 5.74) is 7.27. The number of carbonyl (C=O) groups is 1. The SMILES string of the molecule is CCN(CC)C(=O)C=CCNc1cc2c(Nc3c(Cl)ccc4c3-c3ccccc3C4)ncnc2cc1OCC1CC1. The third-order valence-electron chi connectivity index (χ3n) is 7.81. The van der Waals surface area contributed by atoms with Crippen LogP contribution in [-0.2, 0) is 11.2 Å². The first kappa shape index (κ1) is 27.1. The number of nitrogens with one attached hydrogen (secondary N) is 2. The van der Waals surface area contributed by atoms with Gasteiger partial charge in [-0.3, -0.25) is 4.79 Å². The van der Waals surface area contributed by atoms with Crippen LogP contribution in [0.25, 0.3) is 22.0 Å². The Balaban J connectivity index is 1.33. The number of hydrogen-bond acceptors (Lipinski definition) is 6. The third kappa shape index (κ3) is 5.72. The summed E-state index contributed by atoms with van der Waals surface area (Å²) in [6.45, 7) is 6.49. The monoisotopic (exact) mass is 567 g/mol. The van der Waals surface area contributed by atoms with Crippen molar-refractivity contribution in [2.24, 2.45) is 5.92 Å². The van der Waals surface area contributed by atoms with Crippen LogP contribution in [0.3, 0.4) is 0 Å². The van der Waals surface area contributed by atoms with Crippen molar-refractivity contribution in [3.8, 4) is 16.9 Å². The number of likely N-dealkylation sites (N-methyl/N-ethyl adjacent to an activating group) is 1. The van der Waals surface area contributed by atoms with Crippen LogP contribution in [0.1, 0.15) is 37.8 Å². The second kappa shape index (κ2) is 11.8. The Hall–Kier alpha value is -4.10.